The maximum Gasteiger partial charge on any atom is 0.412 e. The Balaban J connectivity index is 2.69. The first-order valence-electron chi connectivity index (χ1n) is 5.63. The number of amides is 1. The zero-order chi connectivity index (χ0) is 13.1. The molecule has 94 valence electrons. The van der Waals surface area contributed by atoms with Crippen LogP contribution in [0.15, 0.2) is 24.3 Å². The van der Waals surface area contributed by atoms with E-state index < -0.39 is 11.7 Å². The molecule has 0 heterocycles. The summed E-state index contributed by atoms with van der Waals surface area (Å²) in [5.41, 5.74) is 6.93. The number of carbonyl (C=O) groups is 1. The molecule has 1 amide bonds. The summed E-state index contributed by atoms with van der Waals surface area (Å²) >= 11 is 0. The topological polar surface area (TPSA) is 64.3 Å². The lowest BCUT2D eigenvalue weighted by atomic mass is 10.1. The van der Waals surface area contributed by atoms with Crippen LogP contribution in [0, 0.1) is 0 Å². The van der Waals surface area contributed by atoms with Crippen LogP contribution < -0.4 is 11.1 Å². The highest BCUT2D eigenvalue weighted by molar-refractivity contribution is 5.84. The highest BCUT2D eigenvalue weighted by Crippen LogP contribution is 2.16. The Bertz CT molecular complexity index is 395. The summed E-state index contributed by atoms with van der Waals surface area (Å²) in [7, 11) is 0. The molecular formula is C13H20N2O2. The average molecular weight is 236 g/mol. The third-order valence-electron chi connectivity index (χ3n) is 2.06. The van der Waals surface area contributed by atoms with Crippen LogP contribution in [0.1, 0.15) is 39.3 Å². The monoisotopic (exact) mass is 236 g/mol. The lowest BCUT2D eigenvalue weighted by Crippen LogP contribution is -2.27. The second-order valence-corrected chi connectivity index (χ2v) is 5.04. The molecule has 1 aromatic carbocycles. The van der Waals surface area contributed by atoms with Crippen molar-refractivity contribution < 1.29 is 9.53 Å². The Morgan fingerprint density at radius 3 is 2.59 bits per heavy atom. The molecule has 1 rings (SSSR count). The van der Waals surface area contributed by atoms with Crippen LogP contribution in [-0.2, 0) is 4.74 Å². The Hall–Kier alpha value is -1.55. The zero-order valence-corrected chi connectivity index (χ0v) is 10.8. The highest BCUT2D eigenvalue weighted by atomic mass is 16.6. The number of benzene rings is 1. The lowest BCUT2D eigenvalue weighted by molar-refractivity contribution is 0.0636. The Kier molecular flexibility index (Phi) is 4.12. The van der Waals surface area contributed by atoms with Crippen molar-refractivity contribution >= 4 is 11.8 Å². The van der Waals surface area contributed by atoms with Gasteiger partial charge in [0.2, 0.25) is 0 Å². The Morgan fingerprint density at radius 1 is 1.41 bits per heavy atom. The van der Waals surface area contributed by atoms with Crippen molar-refractivity contribution in [3.8, 4) is 0 Å². The van der Waals surface area contributed by atoms with Crippen molar-refractivity contribution in [1.29, 1.82) is 0 Å². The second-order valence-electron chi connectivity index (χ2n) is 5.04. The SMILES string of the molecule is C[C@@H](N)c1cccc(NC(=O)OC(C)(C)C)c1. The summed E-state index contributed by atoms with van der Waals surface area (Å²) in [4.78, 5) is 11.5. The van der Waals surface area contributed by atoms with E-state index >= 15 is 0 Å². The van der Waals surface area contributed by atoms with Crippen molar-refractivity contribution in [2.75, 3.05) is 5.32 Å². The van der Waals surface area contributed by atoms with E-state index in [2.05, 4.69) is 5.32 Å². The van der Waals surface area contributed by atoms with Crippen molar-refractivity contribution in [2.24, 2.45) is 5.73 Å². The first kappa shape index (κ1) is 13.5. The molecule has 0 fully saturated rings. The summed E-state index contributed by atoms with van der Waals surface area (Å²) in [6.07, 6.45) is -0.459. The fourth-order valence-corrected chi connectivity index (χ4v) is 1.32. The van der Waals surface area contributed by atoms with E-state index in [4.69, 9.17) is 10.5 Å². The van der Waals surface area contributed by atoms with Gasteiger partial charge in [-0.05, 0) is 45.4 Å². The minimum atomic E-state index is -0.497. The molecule has 0 radical (unpaired) electrons. The molecule has 4 nitrogen and oxygen atoms in total. The van der Waals surface area contributed by atoms with Gasteiger partial charge >= 0.3 is 6.09 Å². The Morgan fingerprint density at radius 2 is 2.06 bits per heavy atom. The van der Waals surface area contributed by atoms with Gasteiger partial charge in [-0.3, -0.25) is 5.32 Å². The Labute approximate surface area is 102 Å². The summed E-state index contributed by atoms with van der Waals surface area (Å²) < 4.78 is 5.16. The molecular weight excluding hydrogens is 216 g/mol. The largest absolute Gasteiger partial charge is 0.444 e. The summed E-state index contributed by atoms with van der Waals surface area (Å²) in [5, 5.41) is 2.68. The summed E-state index contributed by atoms with van der Waals surface area (Å²) in [6, 6.07) is 7.36. The minimum Gasteiger partial charge on any atom is -0.444 e. The second kappa shape index (κ2) is 5.19. The predicted molar refractivity (Wildman–Crippen MR) is 68.9 cm³/mol. The van der Waals surface area contributed by atoms with Crippen LogP contribution in [0.5, 0.6) is 0 Å². The van der Waals surface area contributed by atoms with Crippen molar-refractivity contribution in [3.63, 3.8) is 0 Å². The summed E-state index contributed by atoms with van der Waals surface area (Å²) in [5.74, 6) is 0. The van der Waals surface area contributed by atoms with Gasteiger partial charge in [-0.2, -0.15) is 0 Å². The molecule has 1 aromatic rings. The smallest absolute Gasteiger partial charge is 0.412 e. The molecule has 17 heavy (non-hydrogen) atoms. The first-order chi connectivity index (χ1) is 7.78. The van der Waals surface area contributed by atoms with Gasteiger partial charge in [0.1, 0.15) is 5.60 Å². The van der Waals surface area contributed by atoms with Gasteiger partial charge in [0.25, 0.3) is 0 Å². The van der Waals surface area contributed by atoms with Gasteiger partial charge in [0, 0.05) is 11.7 Å². The molecule has 0 aromatic heterocycles. The average Bonchev–Trinajstić information content (AvgIpc) is 2.14. The molecule has 0 aliphatic carbocycles. The molecule has 0 aliphatic rings. The fourth-order valence-electron chi connectivity index (χ4n) is 1.32. The number of hydrogen-bond donors (Lipinski definition) is 2. The fraction of sp³-hybridized carbons (Fsp3) is 0.462. The van der Waals surface area contributed by atoms with E-state index in [-0.39, 0.29) is 6.04 Å². The van der Waals surface area contributed by atoms with E-state index in [1.54, 1.807) is 6.07 Å². The molecule has 3 N–H and O–H groups in total. The summed E-state index contributed by atoms with van der Waals surface area (Å²) in [6.45, 7) is 7.37. The van der Waals surface area contributed by atoms with Crippen LogP contribution in [0.2, 0.25) is 0 Å². The van der Waals surface area contributed by atoms with Gasteiger partial charge in [-0.15, -0.1) is 0 Å². The zero-order valence-electron chi connectivity index (χ0n) is 10.8. The predicted octanol–water partition coefficient (Wildman–Crippen LogP) is 3.05. The molecule has 1 atom stereocenters. The van der Waals surface area contributed by atoms with Crippen LogP contribution in [0.25, 0.3) is 0 Å². The molecule has 0 spiro atoms. The number of hydrogen-bond acceptors (Lipinski definition) is 3. The van der Waals surface area contributed by atoms with Gasteiger partial charge in [-0.25, -0.2) is 4.79 Å². The third-order valence-corrected chi connectivity index (χ3v) is 2.06. The lowest BCUT2D eigenvalue weighted by Gasteiger charge is -2.20. The quantitative estimate of drug-likeness (QED) is 0.829. The van der Waals surface area contributed by atoms with E-state index in [9.17, 15) is 4.79 Å². The van der Waals surface area contributed by atoms with Crippen LogP contribution in [-0.4, -0.2) is 11.7 Å². The molecule has 0 aliphatic heterocycles. The van der Waals surface area contributed by atoms with Crippen LogP contribution in [0.4, 0.5) is 10.5 Å². The molecule has 0 saturated heterocycles. The number of nitrogens with one attached hydrogen (secondary N) is 1. The highest BCUT2D eigenvalue weighted by Gasteiger charge is 2.16. The molecule has 4 heteroatoms. The van der Waals surface area contributed by atoms with E-state index in [1.165, 1.54) is 0 Å². The molecule has 0 saturated carbocycles. The number of carbonyl (C=O) groups excluding carboxylic acids is 1. The van der Waals surface area contributed by atoms with Crippen LogP contribution >= 0.6 is 0 Å². The standard InChI is InChI=1S/C13H20N2O2/c1-9(14)10-6-5-7-11(8-10)15-12(16)17-13(2,3)4/h5-9H,14H2,1-4H3,(H,15,16)/t9-/m1/s1. The van der Waals surface area contributed by atoms with E-state index in [1.807, 2.05) is 45.9 Å². The van der Waals surface area contributed by atoms with Gasteiger partial charge in [0.05, 0.1) is 0 Å². The molecule has 0 unspecified atom stereocenters. The van der Waals surface area contributed by atoms with Gasteiger partial charge in [-0.1, -0.05) is 12.1 Å². The first-order valence-corrected chi connectivity index (χ1v) is 5.63. The van der Waals surface area contributed by atoms with Crippen molar-refractivity contribution in [3.05, 3.63) is 29.8 Å². The van der Waals surface area contributed by atoms with Gasteiger partial charge in [0.15, 0.2) is 0 Å². The minimum absolute atomic E-state index is 0.0598. The van der Waals surface area contributed by atoms with Crippen molar-refractivity contribution in [2.45, 2.75) is 39.3 Å². The van der Waals surface area contributed by atoms with Gasteiger partial charge < -0.3 is 10.5 Å². The third kappa shape index (κ3) is 4.87. The normalized spacial score (nSPS) is 13.0. The van der Waals surface area contributed by atoms with Crippen LogP contribution in [0.3, 0.4) is 0 Å². The molecule has 0 bridgehead atoms. The number of anilines is 1. The maximum atomic E-state index is 11.5. The maximum absolute atomic E-state index is 11.5. The van der Waals surface area contributed by atoms with E-state index in [0.717, 1.165) is 5.56 Å². The number of rotatable bonds is 2. The number of nitrogens with two attached hydrogens (primary N) is 1. The number of ether oxygens (including phenoxy) is 1. The van der Waals surface area contributed by atoms with Crippen molar-refractivity contribution in [1.82, 2.24) is 0 Å². The van der Waals surface area contributed by atoms with E-state index in [0.29, 0.717) is 5.69 Å².